The minimum atomic E-state index is -3.79. The number of carbonyl (C=O) groups excluding carboxylic acids is 1. The number of amides is 1. The number of halogens is 1. The molecule has 8 nitrogen and oxygen atoms in total. The van der Waals surface area contributed by atoms with E-state index in [1.807, 2.05) is 0 Å². The zero-order valence-corrected chi connectivity index (χ0v) is 15.0. The van der Waals surface area contributed by atoms with Crippen molar-refractivity contribution in [1.29, 1.82) is 0 Å². The molecule has 1 fully saturated rings. The number of carbonyl (C=O) groups is 1. The summed E-state index contributed by atoms with van der Waals surface area (Å²) in [5.74, 6) is 0. The molecule has 1 amide bonds. The molecule has 2 atom stereocenters. The van der Waals surface area contributed by atoms with Crippen molar-refractivity contribution >= 4 is 16.1 Å². The highest BCUT2D eigenvalue weighted by Gasteiger charge is 2.37. The van der Waals surface area contributed by atoms with Crippen LogP contribution >= 0.6 is 0 Å². The van der Waals surface area contributed by atoms with E-state index in [2.05, 4.69) is 10.4 Å². The van der Waals surface area contributed by atoms with Gasteiger partial charge in [0.15, 0.2) is 0 Å². The first-order valence-electron chi connectivity index (χ1n) is 7.61. The second-order valence-corrected chi connectivity index (χ2v) is 8.71. The first kappa shape index (κ1) is 18.7. The van der Waals surface area contributed by atoms with Crippen LogP contribution in [0.2, 0.25) is 0 Å². The quantitative estimate of drug-likeness (QED) is 0.867. The second-order valence-electron chi connectivity index (χ2n) is 6.77. The van der Waals surface area contributed by atoms with Gasteiger partial charge in [-0.25, -0.2) is 17.6 Å². The molecule has 0 saturated carbocycles. The summed E-state index contributed by atoms with van der Waals surface area (Å²) >= 11 is 0. The van der Waals surface area contributed by atoms with Gasteiger partial charge in [-0.15, -0.1) is 0 Å². The Morgan fingerprint density at radius 3 is 2.62 bits per heavy atom. The molecule has 0 unspecified atom stereocenters. The predicted octanol–water partition coefficient (Wildman–Crippen LogP) is 1.05. The Morgan fingerprint density at radius 1 is 1.46 bits per heavy atom. The molecule has 0 radical (unpaired) electrons. The smallest absolute Gasteiger partial charge is 0.407 e. The van der Waals surface area contributed by atoms with Gasteiger partial charge in [0.2, 0.25) is 10.0 Å². The van der Waals surface area contributed by atoms with E-state index in [0.29, 0.717) is 0 Å². The Kier molecular flexibility index (Phi) is 5.19. The average Bonchev–Trinajstić information content (AvgIpc) is 2.86. The molecule has 0 aromatic carbocycles. The highest BCUT2D eigenvalue weighted by molar-refractivity contribution is 7.89. The third kappa shape index (κ3) is 4.44. The van der Waals surface area contributed by atoms with Gasteiger partial charge in [0.1, 0.15) is 16.7 Å². The van der Waals surface area contributed by atoms with E-state index in [4.69, 9.17) is 4.74 Å². The van der Waals surface area contributed by atoms with Crippen LogP contribution in [0.5, 0.6) is 0 Å². The van der Waals surface area contributed by atoms with Crippen LogP contribution in [0.25, 0.3) is 0 Å². The molecular formula is C14H23FN4O4S. The first-order chi connectivity index (χ1) is 11.0. The van der Waals surface area contributed by atoms with Crippen LogP contribution < -0.4 is 5.32 Å². The number of hydrogen-bond donors (Lipinski definition) is 1. The van der Waals surface area contributed by atoms with E-state index in [9.17, 15) is 17.6 Å². The van der Waals surface area contributed by atoms with Crippen molar-refractivity contribution in [2.75, 3.05) is 13.1 Å². The van der Waals surface area contributed by atoms with E-state index in [1.165, 1.54) is 17.1 Å². The molecule has 2 rings (SSSR count). The maximum absolute atomic E-state index is 14.3. The summed E-state index contributed by atoms with van der Waals surface area (Å²) in [6.45, 7) is 4.92. The molecular weight excluding hydrogens is 339 g/mol. The van der Waals surface area contributed by atoms with E-state index in [-0.39, 0.29) is 24.4 Å². The summed E-state index contributed by atoms with van der Waals surface area (Å²) in [5, 5.41) is 6.30. The van der Waals surface area contributed by atoms with E-state index in [0.717, 1.165) is 4.31 Å². The third-order valence-corrected chi connectivity index (χ3v) is 5.34. The largest absolute Gasteiger partial charge is 0.444 e. The number of alkyl halides is 1. The summed E-state index contributed by atoms with van der Waals surface area (Å²) in [4.78, 5) is 11.8. The predicted molar refractivity (Wildman–Crippen MR) is 84.6 cm³/mol. The molecule has 1 saturated heterocycles. The highest BCUT2D eigenvalue weighted by atomic mass is 32.2. The summed E-state index contributed by atoms with van der Waals surface area (Å²) in [7, 11) is -2.18. The fourth-order valence-corrected chi connectivity index (χ4v) is 3.85. The van der Waals surface area contributed by atoms with Crippen LogP contribution in [0.4, 0.5) is 9.18 Å². The maximum atomic E-state index is 14.3. The fraction of sp³-hybridized carbons (Fsp3) is 0.714. The van der Waals surface area contributed by atoms with Gasteiger partial charge in [0.05, 0.1) is 12.2 Å². The average molecular weight is 362 g/mol. The topological polar surface area (TPSA) is 93.5 Å². The molecule has 24 heavy (non-hydrogen) atoms. The van der Waals surface area contributed by atoms with Gasteiger partial charge in [-0.05, 0) is 27.2 Å². The van der Waals surface area contributed by atoms with Crippen molar-refractivity contribution in [3.8, 4) is 0 Å². The zero-order valence-electron chi connectivity index (χ0n) is 14.2. The van der Waals surface area contributed by atoms with Gasteiger partial charge in [-0.2, -0.15) is 9.40 Å². The van der Waals surface area contributed by atoms with Crippen molar-refractivity contribution in [2.24, 2.45) is 7.05 Å². The lowest BCUT2D eigenvalue weighted by Crippen LogP contribution is -2.54. The molecule has 1 N–H and O–H groups in total. The fourth-order valence-electron chi connectivity index (χ4n) is 2.40. The van der Waals surface area contributed by atoms with Crippen LogP contribution in [-0.2, 0) is 21.8 Å². The molecule has 136 valence electrons. The van der Waals surface area contributed by atoms with E-state index < -0.39 is 33.9 Å². The Morgan fingerprint density at radius 2 is 2.12 bits per heavy atom. The molecule has 1 aliphatic rings. The Hall–Kier alpha value is -1.68. The van der Waals surface area contributed by atoms with Crippen LogP contribution in [0.15, 0.2) is 17.3 Å². The number of alkyl carbamates (subject to hydrolysis) is 1. The Balaban J connectivity index is 1.99. The normalized spacial score (nSPS) is 23.0. The summed E-state index contributed by atoms with van der Waals surface area (Å²) in [6.07, 6.45) is 0.539. The van der Waals surface area contributed by atoms with Crippen molar-refractivity contribution in [1.82, 2.24) is 19.4 Å². The summed E-state index contributed by atoms with van der Waals surface area (Å²) in [6, 6.07) is -0.778. The van der Waals surface area contributed by atoms with Gasteiger partial charge in [-0.1, -0.05) is 0 Å². The standard InChI is InChI=1S/C14H23FN4O4S/c1-14(2,3)23-13(20)17-12-5-6-19(9-11(12)15)24(21,22)10-7-16-18(4)8-10/h7-8,11-12H,5-6,9H2,1-4H3,(H,17,20)/t11-,12+/m0/s1. The Labute approximate surface area is 141 Å². The number of sulfonamides is 1. The van der Waals surface area contributed by atoms with E-state index >= 15 is 0 Å². The molecule has 10 heteroatoms. The van der Waals surface area contributed by atoms with Crippen molar-refractivity contribution < 1.29 is 22.3 Å². The number of aryl methyl sites for hydroxylation is 1. The number of rotatable bonds is 3. The van der Waals surface area contributed by atoms with Gasteiger partial charge in [-0.3, -0.25) is 4.68 Å². The van der Waals surface area contributed by atoms with Crippen LogP contribution in [0.3, 0.4) is 0 Å². The lowest BCUT2D eigenvalue weighted by Gasteiger charge is -2.34. The monoisotopic (exact) mass is 362 g/mol. The summed E-state index contributed by atoms with van der Waals surface area (Å²) in [5.41, 5.74) is -0.680. The SMILES string of the molecule is Cn1cc(S(=O)(=O)N2CC[C@@H](NC(=O)OC(C)(C)C)[C@@H](F)C2)cn1. The van der Waals surface area contributed by atoms with Crippen molar-refractivity contribution in [3.05, 3.63) is 12.4 Å². The highest BCUT2D eigenvalue weighted by Crippen LogP contribution is 2.22. The third-order valence-electron chi connectivity index (χ3n) is 3.53. The molecule has 1 aliphatic heterocycles. The first-order valence-corrected chi connectivity index (χ1v) is 9.05. The van der Waals surface area contributed by atoms with Gasteiger partial charge in [0.25, 0.3) is 0 Å². The molecule has 2 heterocycles. The maximum Gasteiger partial charge on any atom is 0.407 e. The molecule has 1 aromatic rings. The lowest BCUT2D eigenvalue weighted by molar-refractivity contribution is 0.0438. The number of hydrogen-bond acceptors (Lipinski definition) is 5. The lowest BCUT2D eigenvalue weighted by atomic mass is 10.1. The van der Waals surface area contributed by atoms with Gasteiger partial charge < -0.3 is 10.1 Å². The molecule has 0 bridgehead atoms. The number of ether oxygens (including phenoxy) is 1. The minimum absolute atomic E-state index is 0.0238. The zero-order chi connectivity index (χ0) is 18.1. The number of nitrogens with one attached hydrogen (secondary N) is 1. The molecule has 0 spiro atoms. The van der Waals surface area contributed by atoms with E-state index in [1.54, 1.807) is 27.8 Å². The van der Waals surface area contributed by atoms with Crippen molar-refractivity contribution in [2.45, 2.75) is 49.9 Å². The summed E-state index contributed by atoms with van der Waals surface area (Å²) < 4.78 is 46.8. The molecule has 1 aromatic heterocycles. The van der Waals surface area contributed by atoms with Crippen LogP contribution in [-0.4, -0.2) is 59.5 Å². The van der Waals surface area contributed by atoms with Crippen LogP contribution in [0.1, 0.15) is 27.2 Å². The Bertz CT molecular complexity index is 698. The van der Waals surface area contributed by atoms with Crippen LogP contribution in [0, 0.1) is 0 Å². The number of piperidine rings is 1. The minimum Gasteiger partial charge on any atom is -0.444 e. The number of nitrogens with zero attached hydrogens (tertiary/aromatic N) is 3. The van der Waals surface area contributed by atoms with Gasteiger partial charge in [0, 0.05) is 26.3 Å². The second kappa shape index (κ2) is 6.67. The van der Waals surface area contributed by atoms with Crippen molar-refractivity contribution in [3.63, 3.8) is 0 Å². The molecule has 0 aliphatic carbocycles. The number of aromatic nitrogens is 2. The van der Waals surface area contributed by atoms with Gasteiger partial charge >= 0.3 is 6.09 Å².